The Hall–Kier alpha value is -4.50. The van der Waals surface area contributed by atoms with Gasteiger partial charge in [0.05, 0.1) is 17.7 Å². The van der Waals surface area contributed by atoms with Gasteiger partial charge in [0.2, 0.25) is 0 Å². The number of ketones is 2. The summed E-state index contributed by atoms with van der Waals surface area (Å²) in [5.74, 6) is -0.139. The number of carbonyl (C=O) groups excluding carboxylic acids is 4. The van der Waals surface area contributed by atoms with Gasteiger partial charge in [-0.3, -0.25) is 20.2 Å². The Morgan fingerprint density at radius 1 is 0.778 bits per heavy atom. The van der Waals surface area contributed by atoms with Gasteiger partial charge in [0.15, 0.2) is 11.6 Å². The van der Waals surface area contributed by atoms with E-state index in [4.69, 9.17) is 9.47 Å². The summed E-state index contributed by atoms with van der Waals surface area (Å²) in [5.41, 5.74) is 2.03. The van der Waals surface area contributed by atoms with E-state index in [1.807, 2.05) is 0 Å². The molecule has 0 aromatic heterocycles. The number of ether oxygens (including phenoxy) is 2. The van der Waals surface area contributed by atoms with Crippen LogP contribution in [-0.4, -0.2) is 49.3 Å². The zero-order valence-corrected chi connectivity index (χ0v) is 20.5. The van der Waals surface area contributed by atoms with Gasteiger partial charge in [-0.25, -0.2) is 9.59 Å². The minimum absolute atomic E-state index is 0.138. The molecule has 0 radical (unpaired) electrons. The molecule has 0 fully saturated rings. The van der Waals surface area contributed by atoms with Crippen molar-refractivity contribution in [2.24, 2.45) is 0 Å². The number of nitrogens with zero attached hydrogens (tertiary/aromatic N) is 1. The second-order valence-corrected chi connectivity index (χ2v) is 8.27. The SMILES string of the molecule is CC(=O)c1ccccc1OC(=O)Nc1ccc(C)c(NC(=O)Oc2ccccc2C(=O)CN(C)C)c1. The lowest BCUT2D eigenvalue weighted by molar-refractivity contribution is 0.0954. The molecule has 9 nitrogen and oxygen atoms in total. The Labute approximate surface area is 209 Å². The van der Waals surface area contributed by atoms with Crippen molar-refractivity contribution in [2.75, 3.05) is 31.3 Å². The summed E-state index contributed by atoms with van der Waals surface area (Å²) < 4.78 is 10.7. The van der Waals surface area contributed by atoms with Gasteiger partial charge in [-0.1, -0.05) is 30.3 Å². The van der Waals surface area contributed by atoms with Crippen molar-refractivity contribution in [1.82, 2.24) is 4.90 Å². The Morgan fingerprint density at radius 3 is 1.94 bits per heavy atom. The van der Waals surface area contributed by atoms with Crippen LogP contribution in [0, 0.1) is 6.92 Å². The Balaban J connectivity index is 1.69. The highest BCUT2D eigenvalue weighted by Crippen LogP contribution is 2.24. The molecule has 2 amide bonds. The molecule has 0 saturated heterocycles. The number of para-hydroxylation sites is 2. The van der Waals surface area contributed by atoms with Crippen LogP contribution in [0.1, 0.15) is 33.2 Å². The fourth-order valence-electron chi connectivity index (χ4n) is 3.32. The highest BCUT2D eigenvalue weighted by molar-refractivity contribution is 6.01. The number of Topliss-reactive ketones (excluding diaryl/α,β-unsaturated/α-hetero) is 2. The average molecular weight is 490 g/mol. The number of benzene rings is 3. The summed E-state index contributed by atoms with van der Waals surface area (Å²) in [6.07, 6.45) is -1.59. The largest absolute Gasteiger partial charge is 0.417 e. The Kier molecular flexibility index (Phi) is 8.53. The molecule has 0 aliphatic rings. The quantitative estimate of drug-likeness (QED) is 0.420. The van der Waals surface area contributed by atoms with Gasteiger partial charge in [0.1, 0.15) is 11.5 Å². The van der Waals surface area contributed by atoms with Gasteiger partial charge in [0, 0.05) is 11.4 Å². The number of likely N-dealkylation sites (N-methyl/N-ethyl adjacent to an activating group) is 1. The van der Waals surface area contributed by atoms with Crippen LogP contribution in [0.4, 0.5) is 21.0 Å². The number of carbonyl (C=O) groups is 4. The highest BCUT2D eigenvalue weighted by atomic mass is 16.6. The van der Waals surface area contributed by atoms with E-state index in [0.717, 1.165) is 0 Å². The summed E-state index contributed by atoms with van der Waals surface area (Å²) in [6, 6.07) is 17.8. The molecule has 9 heteroatoms. The van der Waals surface area contributed by atoms with E-state index in [1.165, 1.54) is 19.1 Å². The fraction of sp³-hybridized carbons (Fsp3) is 0.185. The van der Waals surface area contributed by atoms with E-state index in [-0.39, 0.29) is 35.2 Å². The van der Waals surface area contributed by atoms with Gasteiger partial charge in [-0.05, 0) is 69.9 Å². The summed E-state index contributed by atoms with van der Waals surface area (Å²) >= 11 is 0. The van der Waals surface area contributed by atoms with Crippen LogP contribution < -0.4 is 20.1 Å². The van der Waals surface area contributed by atoms with Crippen LogP contribution in [0.15, 0.2) is 66.7 Å². The molecule has 186 valence electrons. The molecule has 2 N–H and O–H groups in total. The molecule has 0 saturated carbocycles. The van der Waals surface area contributed by atoms with E-state index in [0.29, 0.717) is 22.5 Å². The van der Waals surface area contributed by atoms with Crippen molar-refractivity contribution in [3.05, 3.63) is 83.4 Å². The lowest BCUT2D eigenvalue weighted by Gasteiger charge is -2.14. The van der Waals surface area contributed by atoms with Crippen molar-refractivity contribution in [3.63, 3.8) is 0 Å². The van der Waals surface area contributed by atoms with Gasteiger partial charge in [-0.2, -0.15) is 0 Å². The molecule has 0 spiro atoms. The van der Waals surface area contributed by atoms with Crippen LogP contribution in [0.25, 0.3) is 0 Å². The normalized spacial score (nSPS) is 10.5. The first-order valence-corrected chi connectivity index (χ1v) is 11.1. The van der Waals surface area contributed by atoms with Gasteiger partial charge >= 0.3 is 12.2 Å². The van der Waals surface area contributed by atoms with Crippen molar-refractivity contribution in [3.8, 4) is 11.5 Å². The molecule has 0 aliphatic carbocycles. The van der Waals surface area contributed by atoms with Crippen LogP contribution in [0.2, 0.25) is 0 Å². The predicted molar refractivity (Wildman–Crippen MR) is 136 cm³/mol. The van der Waals surface area contributed by atoms with Crippen molar-refractivity contribution >= 4 is 35.1 Å². The maximum absolute atomic E-state index is 12.6. The monoisotopic (exact) mass is 489 g/mol. The number of anilines is 2. The first-order valence-electron chi connectivity index (χ1n) is 11.1. The van der Waals surface area contributed by atoms with Crippen LogP contribution >= 0.6 is 0 Å². The fourth-order valence-corrected chi connectivity index (χ4v) is 3.32. The molecule has 0 heterocycles. The van der Waals surface area contributed by atoms with Gasteiger partial charge in [0.25, 0.3) is 0 Å². The standard InChI is InChI=1S/C27H27N3O6/c1-17-13-14-19(28-26(33)35-24-11-7-5-9-20(24)18(2)31)15-22(17)29-27(34)36-25-12-8-6-10-21(25)23(32)16-30(3)4/h5-15H,16H2,1-4H3,(H,28,33)(H,29,34). The summed E-state index contributed by atoms with van der Waals surface area (Å²) in [4.78, 5) is 51.0. The topological polar surface area (TPSA) is 114 Å². The van der Waals surface area contributed by atoms with E-state index in [1.54, 1.807) is 80.5 Å². The number of hydrogen-bond acceptors (Lipinski definition) is 7. The number of hydrogen-bond donors (Lipinski definition) is 2. The molecule has 3 aromatic carbocycles. The predicted octanol–water partition coefficient (Wildman–Crippen LogP) is 5.16. The highest BCUT2D eigenvalue weighted by Gasteiger charge is 2.17. The van der Waals surface area contributed by atoms with E-state index in [9.17, 15) is 19.2 Å². The Bertz CT molecular complexity index is 1300. The molecule has 0 aliphatic heterocycles. The number of rotatable bonds is 8. The second kappa shape index (κ2) is 11.8. The molecular weight excluding hydrogens is 462 g/mol. The first-order chi connectivity index (χ1) is 17.1. The van der Waals surface area contributed by atoms with E-state index < -0.39 is 12.2 Å². The number of aryl methyl sites for hydroxylation is 1. The summed E-state index contributed by atoms with van der Waals surface area (Å²) in [6.45, 7) is 3.32. The van der Waals surface area contributed by atoms with Gasteiger partial charge < -0.3 is 14.4 Å². The average Bonchev–Trinajstić information content (AvgIpc) is 2.81. The molecule has 0 atom stereocenters. The Morgan fingerprint density at radius 2 is 1.33 bits per heavy atom. The first kappa shape index (κ1) is 26.1. The molecule has 0 bridgehead atoms. The zero-order valence-electron chi connectivity index (χ0n) is 20.5. The van der Waals surface area contributed by atoms with E-state index in [2.05, 4.69) is 10.6 Å². The third kappa shape index (κ3) is 7.00. The van der Waals surface area contributed by atoms with Crippen LogP contribution in [0.3, 0.4) is 0 Å². The summed E-state index contributed by atoms with van der Waals surface area (Å²) in [5, 5.41) is 5.21. The van der Waals surface area contributed by atoms with Gasteiger partial charge in [-0.15, -0.1) is 0 Å². The maximum atomic E-state index is 12.6. The molecule has 0 unspecified atom stereocenters. The minimum Gasteiger partial charge on any atom is -0.409 e. The van der Waals surface area contributed by atoms with Crippen LogP contribution in [0.5, 0.6) is 11.5 Å². The molecule has 3 aromatic rings. The lowest BCUT2D eigenvalue weighted by Crippen LogP contribution is -2.23. The molecular formula is C27H27N3O6. The number of amides is 2. The lowest BCUT2D eigenvalue weighted by atomic mass is 10.1. The van der Waals surface area contributed by atoms with E-state index >= 15 is 0 Å². The van der Waals surface area contributed by atoms with Crippen molar-refractivity contribution in [1.29, 1.82) is 0 Å². The third-order valence-electron chi connectivity index (χ3n) is 5.04. The third-order valence-corrected chi connectivity index (χ3v) is 5.04. The summed E-state index contributed by atoms with van der Waals surface area (Å²) in [7, 11) is 3.55. The zero-order chi connectivity index (χ0) is 26.2. The molecule has 36 heavy (non-hydrogen) atoms. The second-order valence-electron chi connectivity index (χ2n) is 8.27. The van der Waals surface area contributed by atoms with Crippen molar-refractivity contribution in [2.45, 2.75) is 13.8 Å². The van der Waals surface area contributed by atoms with Crippen LogP contribution in [-0.2, 0) is 0 Å². The number of nitrogens with one attached hydrogen (secondary N) is 2. The smallest absolute Gasteiger partial charge is 0.409 e. The minimum atomic E-state index is -0.797. The maximum Gasteiger partial charge on any atom is 0.417 e. The van der Waals surface area contributed by atoms with Crippen molar-refractivity contribution < 1.29 is 28.7 Å². The molecule has 3 rings (SSSR count).